The van der Waals surface area contributed by atoms with Crippen LogP contribution in [-0.4, -0.2) is 4.57 Å². The molecule has 0 atom stereocenters. The molecular formula is C18H18NVY-. The van der Waals surface area contributed by atoms with Crippen molar-refractivity contribution in [2.24, 2.45) is 0 Å². The molecule has 0 spiro atoms. The van der Waals surface area contributed by atoms with Crippen LogP contribution in [0.1, 0.15) is 16.7 Å². The summed E-state index contributed by atoms with van der Waals surface area (Å²) < 4.78 is 2.05. The van der Waals surface area contributed by atoms with Gasteiger partial charge in [-0.15, -0.1) is 7.05 Å². The Bertz CT molecular complexity index is 757. The van der Waals surface area contributed by atoms with Crippen LogP contribution >= 0.6 is 0 Å². The maximum atomic E-state index is 4.21. The number of benzene rings is 2. The largest absolute Gasteiger partial charge is 0.480 e. The molecule has 2 radical (unpaired) electrons. The summed E-state index contributed by atoms with van der Waals surface area (Å²) in [6.07, 6.45) is 0. The minimum Gasteiger partial charge on any atom is -0.480 e. The van der Waals surface area contributed by atoms with E-state index in [0.717, 1.165) is 0 Å². The van der Waals surface area contributed by atoms with Crippen molar-refractivity contribution in [2.45, 2.75) is 20.8 Å². The fraction of sp³-hybridized carbons (Fsp3) is 0.167. The third-order valence-corrected chi connectivity index (χ3v) is 3.80. The quantitative estimate of drug-likeness (QED) is 0.525. The summed E-state index contributed by atoms with van der Waals surface area (Å²) >= 11 is 0. The Balaban J connectivity index is 0.00000110. The molecule has 0 saturated carbocycles. The van der Waals surface area contributed by atoms with E-state index in [9.17, 15) is 0 Å². The van der Waals surface area contributed by atoms with Crippen molar-refractivity contribution >= 4 is 10.9 Å². The van der Waals surface area contributed by atoms with Crippen molar-refractivity contribution in [1.29, 1.82) is 0 Å². The standard InChI is InChI=1S/C18H18N.V.Y/c1-12-5-8-15(9-6-12)18-14(3)16-11-13(2)7-10-17(16)19(18)4;;/h5-11H,4H2,1-3H3;;/q-1;;. The predicted molar refractivity (Wildman–Crippen MR) is 82.3 cm³/mol. The third-order valence-electron chi connectivity index (χ3n) is 3.80. The number of hydrogen-bond acceptors (Lipinski definition) is 0. The molecule has 1 aromatic heterocycles. The summed E-state index contributed by atoms with van der Waals surface area (Å²) in [7, 11) is 4.21. The Morgan fingerprint density at radius 2 is 1.43 bits per heavy atom. The van der Waals surface area contributed by atoms with Crippen LogP contribution in [0.4, 0.5) is 0 Å². The minimum atomic E-state index is 0. The SMILES string of the molecule is [CH2-]n1c(-c2ccc(C)cc2)c(C)c2cc(C)ccc21.[V].[Y]. The average Bonchev–Trinajstić information content (AvgIpc) is 2.63. The van der Waals surface area contributed by atoms with Gasteiger partial charge in [0, 0.05) is 51.3 Å². The van der Waals surface area contributed by atoms with Gasteiger partial charge in [0.2, 0.25) is 0 Å². The summed E-state index contributed by atoms with van der Waals surface area (Å²) in [4.78, 5) is 0. The first-order valence-electron chi connectivity index (χ1n) is 6.57. The second-order valence-corrected chi connectivity index (χ2v) is 5.29. The van der Waals surface area contributed by atoms with Crippen LogP contribution in [0.3, 0.4) is 0 Å². The summed E-state index contributed by atoms with van der Waals surface area (Å²) in [6, 6.07) is 15.2. The smallest absolute Gasteiger partial charge is 0 e. The Labute approximate surface area is 163 Å². The molecule has 0 aliphatic rings. The normalized spacial score (nSPS) is 10.0. The van der Waals surface area contributed by atoms with E-state index >= 15 is 0 Å². The van der Waals surface area contributed by atoms with Gasteiger partial charge >= 0.3 is 0 Å². The van der Waals surface area contributed by atoms with Crippen LogP contribution in [0.15, 0.2) is 42.5 Å². The van der Waals surface area contributed by atoms with Crippen LogP contribution in [0.5, 0.6) is 0 Å². The van der Waals surface area contributed by atoms with Crippen LogP contribution in [0.25, 0.3) is 22.2 Å². The fourth-order valence-corrected chi connectivity index (χ4v) is 2.72. The van der Waals surface area contributed by atoms with Crippen LogP contribution in [-0.2, 0) is 51.3 Å². The molecule has 0 unspecified atom stereocenters. The second kappa shape index (κ2) is 7.20. The molecule has 0 fully saturated rings. The number of fused-ring (bicyclic) bond motifs is 1. The summed E-state index contributed by atoms with van der Waals surface area (Å²) in [5.41, 5.74) is 7.50. The molecule has 21 heavy (non-hydrogen) atoms. The first-order valence-corrected chi connectivity index (χ1v) is 6.57. The summed E-state index contributed by atoms with van der Waals surface area (Å²) in [6.45, 7) is 6.42. The maximum Gasteiger partial charge on any atom is 0 e. The van der Waals surface area contributed by atoms with Gasteiger partial charge in [-0.25, -0.2) is 0 Å². The van der Waals surface area contributed by atoms with Crippen LogP contribution < -0.4 is 0 Å². The van der Waals surface area contributed by atoms with Gasteiger partial charge in [0.15, 0.2) is 0 Å². The molecule has 104 valence electrons. The van der Waals surface area contributed by atoms with Gasteiger partial charge < -0.3 is 4.57 Å². The molecule has 1 nitrogen and oxygen atoms in total. The summed E-state index contributed by atoms with van der Waals surface area (Å²) in [5, 5.41) is 1.30. The van der Waals surface area contributed by atoms with E-state index < -0.39 is 0 Å². The van der Waals surface area contributed by atoms with Crippen molar-refractivity contribution in [2.75, 3.05) is 0 Å². The third kappa shape index (κ3) is 3.32. The molecule has 3 heteroatoms. The van der Waals surface area contributed by atoms with Gasteiger partial charge in [0.25, 0.3) is 0 Å². The van der Waals surface area contributed by atoms with Crippen molar-refractivity contribution in [3.8, 4) is 11.3 Å². The Hall–Kier alpha value is -0.462. The molecule has 0 bridgehead atoms. The summed E-state index contributed by atoms with van der Waals surface area (Å²) in [5.74, 6) is 0. The van der Waals surface area contributed by atoms with Crippen molar-refractivity contribution in [3.05, 3.63) is 66.2 Å². The van der Waals surface area contributed by atoms with E-state index in [2.05, 4.69) is 74.9 Å². The number of aromatic nitrogens is 1. The molecule has 1 heterocycles. The van der Waals surface area contributed by atoms with Gasteiger partial charge in [-0.05, 0) is 20.8 Å². The zero-order valence-electron chi connectivity index (χ0n) is 12.7. The molecule has 0 aliphatic carbocycles. The van der Waals surface area contributed by atoms with E-state index in [-0.39, 0.29) is 51.3 Å². The minimum absolute atomic E-state index is 0. The van der Waals surface area contributed by atoms with E-state index in [1.54, 1.807) is 0 Å². The predicted octanol–water partition coefficient (Wildman–Crippen LogP) is 4.87. The molecular weight excluding hydrogens is 370 g/mol. The number of nitrogens with zero attached hydrogens (tertiary/aromatic N) is 1. The van der Waals surface area contributed by atoms with E-state index in [4.69, 9.17) is 0 Å². The molecule has 3 rings (SSSR count). The van der Waals surface area contributed by atoms with Crippen molar-refractivity contribution in [3.63, 3.8) is 0 Å². The van der Waals surface area contributed by atoms with Gasteiger partial charge in [-0.3, -0.25) is 0 Å². The monoisotopic (exact) mass is 388 g/mol. The van der Waals surface area contributed by atoms with Crippen molar-refractivity contribution < 1.29 is 51.3 Å². The Morgan fingerprint density at radius 1 is 0.857 bits per heavy atom. The topological polar surface area (TPSA) is 4.93 Å². The van der Waals surface area contributed by atoms with Gasteiger partial charge in [0.05, 0.1) is 0 Å². The Morgan fingerprint density at radius 3 is 2.05 bits per heavy atom. The van der Waals surface area contributed by atoms with Gasteiger partial charge in [-0.1, -0.05) is 81.3 Å². The molecule has 0 amide bonds. The fourth-order valence-electron chi connectivity index (χ4n) is 2.72. The zero-order chi connectivity index (χ0) is 13.6. The van der Waals surface area contributed by atoms with Crippen molar-refractivity contribution in [1.82, 2.24) is 4.57 Å². The average molecular weight is 388 g/mol. The van der Waals surface area contributed by atoms with E-state index in [0.29, 0.717) is 0 Å². The molecule has 0 saturated heterocycles. The van der Waals surface area contributed by atoms with Crippen LogP contribution in [0.2, 0.25) is 0 Å². The first kappa shape index (κ1) is 18.6. The van der Waals surface area contributed by atoms with E-state index in [1.807, 2.05) is 0 Å². The number of rotatable bonds is 1. The second-order valence-electron chi connectivity index (χ2n) is 5.29. The van der Waals surface area contributed by atoms with E-state index in [1.165, 1.54) is 38.9 Å². The number of aryl methyl sites for hydroxylation is 3. The molecule has 2 aromatic carbocycles. The van der Waals surface area contributed by atoms with Gasteiger partial charge in [-0.2, -0.15) is 0 Å². The first-order chi connectivity index (χ1) is 9.08. The molecule has 3 aromatic rings. The maximum absolute atomic E-state index is 4.21. The Kier molecular flexibility index (Phi) is 6.37. The van der Waals surface area contributed by atoms with Gasteiger partial charge in [0.1, 0.15) is 0 Å². The number of hydrogen-bond donors (Lipinski definition) is 0. The molecule has 0 aliphatic heterocycles. The molecule has 0 N–H and O–H groups in total. The zero-order valence-corrected chi connectivity index (χ0v) is 17.0. The van der Waals surface area contributed by atoms with Crippen LogP contribution in [0, 0.1) is 27.8 Å².